The number of guanidine groups is 1. The highest BCUT2D eigenvalue weighted by Crippen LogP contribution is 2.13. The zero-order chi connectivity index (χ0) is 19.9. The van der Waals surface area contributed by atoms with Crippen molar-refractivity contribution in [2.45, 2.75) is 103 Å². The van der Waals surface area contributed by atoms with E-state index in [1.807, 2.05) is 0 Å². The number of hydrogen-bond acceptors (Lipinski definition) is 3. The van der Waals surface area contributed by atoms with E-state index < -0.39 is 5.97 Å². The first-order valence-corrected chi connectivity index (χ1v) is 10.5. The quantitative estimate of drug-likeness (QED) is 0.173. The van der Waals surface area contributed by atoms with Gasteiger partial charge in [0, 0.05) is 13.5 Å². The zero-order valence-electron chi connectivity index (χ0n) is 17.1. The van der Waals surface area contributed by atoms with Gasteiger partial charge in [-0.2, -0.15) is 0 Å². The molecule has 6 nitrogen and oxygen atoms in total. The fourth-order valence-electron chi connectivity index (χ4n) is 2.76. The molecule has 0 saturated heterocycles. The van der Waals surface area contributed by atoms with Crippen molar-refractivity contribution in [1.82, 2.24) is 0 Å². The predicted molar refractivity (Wildman–Crippen MR) is 112 cm³/mol. The summed E-state index contributed by atoms with van der Waals surface area (Å²) >= 11 is 0. The highest BCUT2D eigenvalue weighted by molar-refractivity contribution is 5.75. The van der Waals surface area contributed by atoms with E-state index in [2.05, 4.69) is 4.99 Å². The number of nitrogens with zero attached hydrogens (tertiary/aromatic N) is 1. The van der Waals surface area contributed by atoms with Crippen LogP contribution in [0.4, 0.5) is 0 Å². The van der Waals surface area contributed by atoms with Gasteiger partial charge in [-0.15, -0.1) is 0 Å². The molecule has 0 heterocycles. The largest absolute Gasteiger partial charge is 0.481 e. The van der Waals surface area contributed by atoms with Crippen LogP contribution in [0, 0.1) is 0 Å². The van der Waals surface area contributed by atoms with Crippen LogP contribution in [0.15, 0.2) is 4.99 Å². The highest BCUT2D eigenvalue weighted by atomic mass is 16.4. The third-order valence-electron chi connectivity index (χ3n) is 4.16. The van der Waals surface area contributed by atoms with Crippen LogP contribution in [-0.2, 0) is 4.79 Å². The van der Waals surface area contributed by atoms with Gasteiger partial charge in [0.2, 0.25) is 0 Å². The van der Waals surface area contributed by atoms with E-state index in [0.717, 1.165) is 26.4 Å². The van der Waals surface area contributed by atoms with Gasteiger partial charge < -0.3 is 22.3 Å². The Labute approximate surface area is 161 Å². The fourth-order valence-corrected chi connectivity index (χ4v) is 2.76. The molecular formula is C20H44N4O2. The van der Waals surface area contributed by atoms with E-state index in [4.69, 9.17) is 27.1 Å². The van der Waals surface area contributed by atoms with Crippen LogP contribution in [0.1, 0.15) is 103 Å². The standard InChI is InChI=1S/C18H40N4.C2H4O2/c19-16-14-12-10-8-6-4-2-1-3-5-7-9-11-13-15-17-22-18(20)21;1-2(3)4/h1-17,19H2,(H4,20,21,22);1H3,(H,3,4). The molecule has 0 aliphatic carbocycles. The molecule has 0 spiro atoms. The lowest BCUT2D eigenvalue weighted by molar-refractivity contribution is -0.134. The van der Waals surface area contributed by atoms with Gasteiger partial charge in [-0.1, -0.05) is 83.5 Å². The van der Waals surface area contributed by atoms with Crippen molar-refractivity contribution < 1.29 is 9.90 Å². The van der Waals surface area contributed by atoms with Crippen LogP contribution >= 0.6 is 0 Å². The van der Waals surface area contributed by atoms with Crippen molar-refractivity contribution in [2.75, 3.05) is 13.1 Å². The zero-order valence-corrected chi connectivity index (χ0v) is 17.1. The Morgan fingerprint density at radius 2 is 0.962 bits per heavy atom. The van der Waals surface area contributed by atoms with Crippen molar-refractivity contribution in [3.05, 3.63) is 0 Å². The van der Waals surface area contributed by atoms with Gasteiger partial charge in [-0.25, -0.2) is 0 Å². The first-order chi connectivity index (χ1) is 12.5. The molecule has 0 aromatic heterocycles. The Bertz CT molecular complexity index is 315. The van der Waals surface area contributed by atoms with Crippen molar-refractivity contribution >= 4 is 11.9 Å². The summed E-state index contributed by atoms with van der Waals surface area (Å²) < 4.78 is 0. The minimum atomic E-state index is -0.833. The molecular weight excluding hydrogens is 328 g/mol. The summed E-state index contributed by atoms with van der Waals surface area (Å²) in [6.45, 7) is 2.73. The van der Waals surface area contributed by atoms with E-state index >= 15 is 0 Å². The summed E-state index contributed by atoms with van der Waals surface area (Å²) in [6, 6.07) is 0. The third kappa shape index (κ3) is 34.1. The Morgan fingerprint density at radius 1 is 0.692 bits per heavy atom. The van der Waals surface area contributed by atoms with E-state index in [0.29, 0.717) is 0 Å². The molecule has 0 bridgehead atoms. The lowest BCUT2D eigenvalue weighted by Gasteiger charge is -2.03. The number of carboxylic acids is 1. The van der Waals surface area contributed by atoms with Crippen molar-refractivity contribution in [1.29, 1.82) is 0 Å². The van der Waals surface area contributed by atoms with E-state index in [-0.39, 0.29) is 5.96 Å². The Hall–Kier alpha value is -1.30. The molecule has 0 unspecified atom stereocenters. The molecule has 0 aliphatic heterocycles. The maximum Gasteiger partial charge on any atom is 0.300 e. The maximum atomic E-state index is 9.00. The molecule has 0 radical (unpaired) electrons. The lowest BCUT2D eigenvalue weighted by atomic mass is 10.0. The van der Waals surface area contributed by atoms with Gasteiger partial charge >= 0.3 is 0 Å². The van der Waals surface area contributed by atoms with Crippen molar-refractivity contribution in [3.63, 3.8) is 0 Å². The number of rotatable bonds is 17. The van der Waals surface area contributed by atoms with Crippen LogP contribution in [0.2, 0.25) is 0 Å². The lowest BCUT2D eigenvalue weighted by Crippen LogP contribution is -2.22. The fraction of sp³-hybridized carbons (Fsp3) is 0.900. The van der Waals surface area contributed by atoms with Gasteiger partial charge in [0.1, 0.15) is 0 Å². The van der Waals surface area contributed by atoms with Crippen LogP contribution in [0.3, 0.4) is 0 Å². The monoisotopic (exact) mass is 372 g/mol. The summed E-state index contributed by atoms with van der Waals surface area (Å²) in [5.41, 5.74) is 16.0. The number of carbonyl (C=O) groups is 1. The average molecular weight is 373 g/mol. The number of hydrogen-bond donors (Lipinski definition) is 4. The average Bonchev–Trinajstić information content (AvgIpc) is 2.57. The summed E-state index contributed by atoms with van der Waals surface area (Å²) in [6.07, 6.45) is 20.3. The molecule has 0 aliphatic rings. The second-order valence-corrected chi connectivity index (χ2v) is 6.92. The van der Waals surface area contributed by atoms with Crippen molar-refractivity contribution in [3.8, 4) is 0 Å². The second-order valence-electron chi connectivity index (χ2n) is 6.92. The highest BCUT2D eigenvalue weighted by Gasteiger charge is 1.94. The molecule has 26 heavy (non-hydrogen) atoms. The Kier molecular flexibility index (Phi) is 24.5. The number of carboxylic acid groups (broad SMARTS) is 1. The summed E-state index contributed by atoms with van der Waals surface area (Å²) in [4.78, 5) is 13.0. The Morgan fingerprint density at radius 3 is 1.23 bits per heavy atom. The van der Waals surface area contributed by atoms with Gasteiger partial charge in [0.15, 0.2) is 5.96 Å². The van der Waals surface area contributed by atoms with Crippen LogP contribution in [0.25, 0.3) is 0 Å². The minimum absolute atomic E-state index is 0.218. The topological polar surface area (TPSA) is 128 Å². The number of nitrogens with two attached hydrogens (primary N) is 3. The molecule has 156 valence electrons. The van der Waals surface area contributed by atoms with Crippen molar-refractivity contribution in [2.24, 2.45) is 22.2 Å². The van der Waals surface area contributed by atoms with Gasteiger partial charge in [-0.05, 0) is 19.4 Å². The molecule has 0 aromatic rings. The molecule has 0 saturated carbocycles. The minimum Gasteiger partial charge on any atom is -0.481 e. The molecule has 0 rings (SSSR count). The first kappa shape index (κ1) is 26.9. The maximum absolute atomic E-state index is 9.00. The summed E-state index contributed by atoms with van der Waals surface area (Å²) in [7, 11) is 0. The van der Waals surface area contributed by atoms with Crippen LogP contribution in [-0.4, -0.2) is 30.1 Å². The van der Waals surface area contributed by atoms with Crippen LogP contribution in [0.5, 0.6) is 0 Å². The first-order valence-electron chi connectivity index (χ1n) is 10.5. The van der Waals surface area contributed by atoms with Gasteiger partial charge in [0.25, 0.3) is 5.97 Å². The van der Waals surface area contributed by atoms with Gasteiger partial charge in [-0.3, -0.25) is 9.79 Å². The molecule has 0 atom stereocenters. The van der Waals surface area contributed by atoms with E-state index in [9.17, 15) is 0 Å². The molecule has 6 heteroatoms. The van der Waals surface area contributed by atoms with E-state index in [1.54, 1.807) is 0 Å². The summed E-state index contributed by atoms with van der Waals surface area (Å²) in [5.74, 6) is -0.615. The second kappa shape index (κ2) is 23.7. The molecule has 0 amide bonds. The normalized spacial score (nSPS) is 10.1. The smallest absolute Gasteiger partial charge is 0.300 e. The van der Waals surface area contributed by atoms with Gasteiger partial charge in [0.05, 0.1) is 0 Å². The SMILES string of the molecule is CC(=O)O.NCCCCCCCCCCCCCCCCCN=C(N)N. The predicted octanol–water partition coefficient (Wildman–Crippen LogP) is 4.16. The number of unbranched alkanes of at least 4 members (excludes halogenated alkanes) is 14. The molecule has 0 aromatic carbocycles. The van der Waals surface area contributed by atoms with E-state index in [1.165, 1.54) is 89.9 Å². The summed E-state index contributed by atoms with van der Waals surface area (Å²) in [5, 5.41) is 7.42. The third-order valence-corrected chi connectivity index (χ3v) is 4.16. The number of aliphatic carboxylic acids is 1. The molecule has 7 N–H and O–H groups in total. The number of aliphatic imine (C=N–C) groups is 1. The molecule has 0 fully saturated rings. The van der Waals surface area contributed by atoms with Crippen LogP contribution < -0.4 is 17.2 Å². The Balaban J connectivity index is 0.